The van der Waals surface area contributed by atoms with Crippen molar-refractivity contribution in [2.75, 3.05) is 16.8 Å². The molecule has 1 heterocycles. The fourth-order valence-corrected chi connectivity index (χ4v) is 4.31. The predicted octanol–water partition coefficient (Wildman–Crippen LogP) is 4.57. The van der Waals surface area contributed by atoms with Crippen LogP contribution >= 0.6 is 0 Å². The van der Waals surface area contributed by atoms with E-state index in [9.17, 15) is 9.59 Å². The number of hydrogen-bond donors (Lipinski definition) is 1. The third kappa shape index (κ3) is 3.42. The number of benzene rings is 3. The first-order chi connectivity index (χ1) is 14.2. The number of nitrogens with one attached hydrogen (secondary N) is 1. The van der Waals surface area contributed by atoms with E-state index in [2.05, 4.69) is 41.7 Å². The van der Waals surface area contributed by atoms with Crippen LogP contribution in [0.3, 0.4) is 0 Å². The van der Waals surface area contributed by atoms with Gasteiger partial charge in [-0.3, -0.25) is 9.59 Å². The lowest BCUT2D eigenvalue weighted by molar-refractivity contribution is -0.117. The van der Waals surface area contributed by atoms with Crippen LogP contribution in [0.2, 0.25) is 0 Å². The van der Waals surface area contributed by atoms with E-state index in [1.807, 2.05) is 35.2 Å². The average Bonchev–Trinajstić information content (AvgIpc) is 3.32. The van der Waals surface area contributed by atoms with Gasteiger partial charge in [0.1, 0.15) is 0 Å². The first kappa shape index (κ1) is 17.7. The maximum absolute atomic E-state index is 12.5. The van der Waals surface area contributed by atoms with Gasteiger partial charge in [-0.05, 0) is 64.9 Å². The predicted molar refractivity (Wildman–Crippen MR) is 115 cm³/mol. The van der Waals surface area contributed by atoms with Crippen molar-refractivity contribution in [1.29, 1.82) is 0 Å². The quantitative estimate of drug-likeness (QED) is 0.562. The molecule has 3 aromatic carbocycles. The molecule has 0 aromatic heterocycles. The van der Waals surface area contributed by atoms with Crippen molar-refractivity contribution < 1.29 is 9.59 Å². The van der Waals surface area contributed by atoms with Crippen molar-refractivity contribution in [3.05, 3.63) is 83.4 Å². The molecule has 144 valence electrons. The lowest BCUT2D eigenvalue weighted by Gasteiger charge is -2.16. The number of carbonyl (C=O) groups excluding carboxylic acids is 2. The van der Waals surface area contributed by atoms with Gasteiger partial charge < -0.3 is 10.2 Å². The second-order valence-corrected chi connectivity index (χ2v) is 7.75. The van der Waals surface area contributed by atoms with E-state index >= 15 is 0 Å². The third-order valence-corrected chi connectivity index (χ3v) is 5.77. The van der Waals surface area contributed by atoms with Crippen LogP contribution in [0.4, 0.5) is 11.4 Å². The van der Waals surface area contributed by atoms with E-state index in [-0.39, 0.29) is 11.8 Å². The number of carbonyl (C=O) groups is 2. The molecule has 4 heteroatoms. The molecule has 1 N–H and O–H groups in total. The lowest BCUT2D eigenvalue weighted by atomic mass is 10.1. The Balaban J connectivity index is 1.27. The van der Waals surface area contributed by atoms with Crippen LogP contribution in [0.5, 0.6) is 0 Å². The number of fused-ring (bicyclic) bond motifs is 3. The second kappa shape index (κ2) is 7.21. The van der Waals surface area contributed by atoms with Crippen LogP contribution in [0, 0.1) is 0 Å². The summed E-state index contributed by atoms with van der Waals surface area (Å²) in [6.45, 7) is 0.778. The summed E-state index contributed by atoms with van der Waals surface area (Å²) in [4.78, 5) is 26.2. The Bertz CT molecular complexity index is 1100. The molecular weight excluding hydrogens is 360 g/mol. The van der Waals surface area contributed by atoms with Crippen molar-refractivity contribution in [1.82, 2.24) is 0 Å². The van der Waals surface area contributed by atoms with Crippen LogP contribution in [0.25, 0.3) is 11.1 Å². The molecule has 1 aliphatic heterocycles. The molecular formula is C25H22N2O2. The molecule has 0 bridgehead atoms. The normalized spacial score (nSPS) is 14.6. The minimum Gasteiger partial charge on any atom is -0.326 e. The van der Waals surface area contributed by atoms with E-state index in [4.69, 9.17) is 0 Å². The Hall–Kier alpha value is -3.40. The molecule has 2 aliphatic rings. The van der Waals surface area contributed by atoms with E-state index in [1.165, 1.54) is 22.3 Å². The van der Waals surface area contributed by atoms with Crippen molar-refractivity contribution in [2.24, 2.45) is 0 Å². The molecule has 0 radical (unpaired) electrons. The molecule has 2 amide bonds. The highest BCUT2D eigenvalue weighted by Gasteiger charge is 2.21. The van der Waals surface area contributed by atoms with Crippen LogP contribution in [0.15, 0.2) is 66.7 Å². The lowest BCUT2D eigenvalue weighted by Crippen LogP contribution is -2.23. The topological polar surface area (TPSA) is 49.4 Å². The number of hydrogen-bond acceptors (Lipinski definition) is 2. The van der Waals surface area contributed by atoms with Gasteiger partial charge >= 0.3 is 0 Å². The second-order valence-electron chi connectivity index (χ2n) is 7.75. The molecule has 0 saturated carbocycles. The van der Waals surface area contributed by atoms with Crippen molar-refractivity contribution in [3.63, 3.8) is 0 Å². The molecule has 1 aliphatic carbocycles. The Morgan fingerprint density at radius 1 is 0.931 bits per heavy atom. The molecule has 0 spiro atoms. The Morgan fingerprint density at radius 3 is 2.52 bits per heavy atom. The molecule has 0 atom stereocenters. The van der Waals surface area contributed by atoms with Gasteiger partial charge in [0.05, 0.1) is 6.42 Å². The first-order valence-corrected chi connectivity index (χ1v) is 10.1. The van der Waals surface area contributed by atoms with Gasteiger partial charge in [0.15, 0.2) is 0 Å². The van der Waals surface area contributed by atoms with E-state index in [0.717, 1.165) is 36.3 Å². The van der Waals surface area contributed by atoms with Crippen LogP contribution in [-0.4, -0.2) is 18.4 Å². The minimum absolute atomic E-state index is 0.0405. The summed E-state index contributed by atoms with van der Waals surface area (Å²) in [6, 6.07) is 22.3. The number of rotatable bonds is 4. The van der Waals surface area contributed by atoms with Crippen molar-refractivity contribution in [2.45, 2.75) is 25.7 Å². The zero-order valence-corrected chi connectivity index (χ0v) is 16.2. The maximum atomic E-state index is 12.5. The standard InChI is InChI=1S/C25H22N2O2/c28-24(14-17-7-11-21(12-8-17)27-13-3-6-25(27)29)26-20-10-9-19-15-18-4-1-2-5-22(18)23(19)16-20/h1-2,4-5,7-12,16H,3,6,13-15H2,(H,26,28). The molecule has 1 fully saturated rings. The maximum Gasteiger partial charge on any atom is 0.228 e. The van der Waals surface area contributed by atoms with Crippen molar-refractivity contribution >= 4 is 23.2 Å². The van der Waals surface area contributed by atoms with Gasteiger partial charge in [-0.2, -0.15) is 0 Å². The van der Waals surface area contributed by atoms with Crippen molar-refractivity contribution in [3.8, 4) is 11.1 Å². The SMILES string of the molecule is O=C(Cc1ccc(N2CCCC2=O)cc1)Nc1ccc2c(c1)-c1ccccc1C2. The monoisotopic (exact) mass is 382 g/mol. The highest BCUT2D eigenvalue weighted by molar-refractivity contribution is 5.96. The van der Waals surface area contributed by atoms with Crippen LogP contribution in [0.1, 0.15) is 29.5 Å². The minimum atomic E-state index is -0.0405. The highest BCUT2D eigenvalue weighted by Crippen LogP contribution is 2.37. The Morgan fingerprint density at radius 2 is 1.72 bits per heavy atom. The number of nitrogens with zero attached hydrogens (tertiary/aromatic N) is 1. The summed E-state index contributed by atoms with van der Waals surface area (Å²) in [5.41, 5.74) is 7.77. The Labute approximate surface area is 170 Å². The molecule has 3 aromatic rings. The first-order valence-electron chi connectivity index (χ1n) is 10.1. The molecule has 5 rings (SSSR count). The Kier molecular flexibility index (Phi) is 4.39. The van der Waals surface area contributed by atoms with E-state index in [0.29, 0.717) is 12.8 Å². The fraction of sp³-hybridized carbons (Fsp3) is 0.200. The summed E-state index contributed by atoms with van der Waals surface area (Å²) in [5.74, 6) is 0.134. The van der Waals surface area contributed by atoms with Gasteiger partial charge in [-0.15, -0.1) is 0 Å². The molecule has 0 unspecified atom stereocenters. The number of anilines is 2. The summed E-state index contributed by atoms with van der Waals surface area (Å²) in [5, 5.41) is 3.02. The summed E-state index contributed by atoms with van der Waals surface area (Å²) in [7, 11) is 0. The van der Waals surface area contributed by atoms with E-state index < -0.39 is 0 Å². The zero-order chi connectivity index (χ0) is 19.8. The van der Waals surface area contributed by atoms with Gasteiger partial charge in [0.2, 0.25) is 11.8 Å². The third-order valence-electron chi connectivity index (χ3n) is 5.77. The molecule has 4 nitrogen and oxygen atoms in total. The van der Waals surface area contributed by atoms with E-state index in [1.54, 1.807) is 0 Å². The zero-order valence-electron chi connectivity index (χ0n) is 16.2. The molecule has 1 saturated heterocycles. The number of amides is 2. The van der Waals surface area contributed by atoms with Crippen LogP contribution < -0.4 is 10.2 Å². The molecule has 29 heavy (non-hydrogen) atoms. The van der Waals surface area contributed by atoms with Gasteiger partial charge in [-0.1, -0.05) is 42.5 Å². The summed E-state index contributed by atoms with van der Waals surface area (Å²) < 4.78 is 0. The highest BCUT2D eigenvalue weighted by atomic mass is 16.2. The van der Waals surface area contributed by atoms with Crippen LogP contribution in [-0.2, 0) is 22.4 Å². The van der Waals surface area contributed by atoms with Gasteiger partial charge in [0.25, 0.3) is 0 Å². The smallest absolute Gasteiger partial charge is 0.228 e. The van der Waals surface area contributed by atoms with Gasteiger partial charge in [0, 0.05) is 24.3 Å². The fourth-order valence-electron chi connectivity index (χ4n) is 4.31. The summed E-state index contributed by atoms with van der Waals surface area (Å²) in [6.07, 6.45) is 2.79. The average molecular weight is 382 g/mol. The largest absolute Gasteiger partial charge is 0.326 e. The summed E-state index contributed by atoms with van der Waals surface area (Å²) >= 11 is 0. The van der Waals surface area contributed by atoms with Gasteiger partial charge in [-0.25, -0.2) is 0 Å².